The minimum Gasteiger partial charge on any atom is -0.486 e. The van der Waals surface area contributed by atoms with E-state index in [2.05, 4.69) is 34.2 Å². The normalized spacial score (nSPS) is 18.4. The summed E-state index contributed by atoms with van der Waals surface area (Å²) in [6.07, 6.45) is 0.971. The van der Waals surface area contributed by atoms with Crippen molar-refractivity contribution in [1.29, 1.82) is 0 Å². The molecule has 142 valence electrons. The number of nitrogens with zero attached hydrogens (tertiary/aromatic N) is 1. The van der Waals surface area contributed by atoms with E-state index < -0.39 is 0 Å². The van der Waals surface area contributed by atoms with Crippen molar-refractivity contribution in [2.45, 2.75) is 23.5 Å². The van der Waals surface area contributed by atoms with Crippen LogP contribution in [0.2, 0.25) is 0 Å². The van der Waals surface area contributed by atoms with Crippen molar-refractivity contribution in [3.05, 3.63) is 40.9 Å². The first-order valence-corrected chi connectivity index (χ1v) is 10.7. The highest BCUT2D eigenvalue weighted by Crippen LogP contribution is 2.39. The van der Waals surface area contributed by atoms with Gasteiger partial charge in [-0.2, -0.15) is 0 Å². The number of para-hydroxylation sites is 1. The molecule has 0 saturated carbocycles. The fraction of sp³-hybridized carbons (Fsp3) is 0.350. The number of hydrogen-bond donors (Lipinski definition) is 1. The third-order valence-corrected chi connectivity index (χ3v) is 6.50. The largest absolute Gasteiger partial charge is 0.486 e. The van der Waals surface area contributed by atoms with Crippen LogP contribution in [0.3, 0.4) is 0 Å². The lowest BCUT2D eigenvalue weighted by Crippen LogP contribution is -2.36. The standard InChI is InChI=1S/C20H21BrN2O3S/c1-13-6-7-23(16-4-2-3-5-19(16)27-13)20(24)12-22-15-11-18-17(10-14(15)21)25-8-9-26-18/h2-5,10-11,13,22H,6-9,12H2,1H3. The Bertz CT molecular complexity index is 861. The molecule has 0 bridgehead atoms. The maximum absolute atomic E-state index is 13.0. The van der Waals surface area contributed by atoms with E-state index in [0.29, 0.717) is 24.2 Å². The molecule has 0 spiro atoms. The number of halogens is 1. The maximum Gasteiger partial charge on any atom is 0.246 e. The van der Waals surface area contributed by atoms with Gasteiger partial charge in [0.2, 0.25) is 5.91 Å². The summed E-state index contributed by atoms with van der Waals surface area (Å²) in [5.74, 6) is 1.47. The maximum atomic E-state index is 13.0. The molecular formula is C20H21BrN2O3S. The van der Waals surface area contributed by atoms with Crippen LogP contribution in [0.5, 0.6) is 11.5 Å². The monoisotopic (exact) mass is 448 g/mol. The highest BCUT2D eigenvalue weighted by Gasteiger charge is 2.24. The molecule has 1 atom stereocenters. The number of anilines is 2. The van der Waals surface area contributed by atoms with Crippen molar-refractivity contribution in [1.82, 2.24) is 0 Å². The molecule has 0 radical (unpaired) electrons. The van der Waals surface area contributed by atoms with Gasteiger partial charge in [-0.1, -0.05) is 19.1 Å². The number of hydrogen-bond acceptors (Lipinski definition) is 5. The number of nitrogens with one attached hydrogen (secondary N) is 1. The number of rotatable bonds is 3. The predicted octanol–water partition coefficient (Wildman–Crippen LogP) is 4.55. The minimum atomic E-state index is 0.0546. The van der Waals surface area contributed by atoms with E-state index in [1.165, 1.54) is 0 Å². The fourth-order valence-corrected chi connectivity index (χ4v) is 4.79. The van der Waals surface area contributed by atoms with Crippen LogP contribution in [0.15, 0.2) is 45.8 Å². The third-order valence-electron chi connectivity index (χ3n) is 4.61. The molecule has 2 aliphatic heterocycles. The zero-order valence-electron chi connectivity index (χ0n) is 15.0. The van der Waals surface area contributed by atoms with Crippen LogP contribution < -0.4 is 19.7 Å². The molecule has 0 fully saturated rings. The second-order valence-corrected chi connectivity index (χ2v) is 8.89. The van der Waals surface area contributed by atoms with Gasteiger partial charge >= 0.3 is 0 Å². The summed E-state index contributed by atoms with van der Waals surface area (Å²) < 4.78 is 12.1. The molecule has 1 N–H and O–H groups in total. The van der Waals surface area contributed by atoms with Crippen LogP contribution >= 0.6 is 27.7 Å². The Morgan fingerprint density at radius 2 is 2.00 bits per heavy atom. The van der Waals surface area contributed by atoms with Gasteiger partial charge < -0.3 is 19.7 Å². The predicted molar refractivity (Wildman–Crippen MR) is 112 cm³/mol. The molecule has 7 heteroatoms. The smallest absolute Gasteiger partial charge is 0.246 e. The highest BCUT2D eigenvalue weighted by molar-refractivity contribution is 9.10. The van der Waals surface area contributed by atoms with E-state index in [4.69, 9.17) is 9.47 Å². The Balaban J connectivity index is 1.50. The number of fused-ring (bicyclic) bond motifs is 2. The van der Waals surface area contributed by atoms with E-state index in [1.807, 2.05) is 47.0 Å². The van der Waals surface area contributed by atoms with Crippen molar-refractivity contribution < 1.29 is 14.3 Å². The number of thioether (sulfide) groups is 1. The molecule has 2 aromatic rings. The van der Waals surface area contributed by atoms with Crippen molar-refractivity contribution in [3.63, 3.8) is 0 Å². The molecule has 0 aliphatic carbocycles. The van der Waals surface area contributed by atoms with Crippen molar-refractivity contribution in [3.8, 4) is 11.5 Å². The molecule has 0 saturated heterocycles. The Labute approximate surface area is 171 Å². The quantitative estimate of drug-likeness (QED) is 0.745. The Morgan fingerprint density at radius 3 is 2.81 bits per heavy atom. The second-order valence-electron chi connectivity index (χ2n) is 6.56. The van der Waals surface area contributed by atoms with E-state index in [-0.39, 0.29) is 12.5 Å². The second kappa shape index (κ2) is 8.02. The number of carbonyl (C=O) groups is 1. The van der Waals surface area contributed by atoms with Crippen molar-refractivity contribution in [2.24, 2.45) is 0 Å². The molecule has 1 unspecified atom stereocenters. The molecule has 4 rings (SSSR count). The first-order chi connectivity index (χ1) is 13.1. The van der Waals surface area contributed by atoms with E-state index in [0.717, 1.165) is 39.5 Å². The number of benzene rings is 2. The summed E-state index contributed by atoms with van der Waals surface area (Å²) in [6, 6.07) is 11.9. The zero-order chi connectivity index (χ0) is 18.8. The summed E-state index contributed by atoms with van der Waals surface area (Å²) in [7, 11) is 0. The van der Waals surface area contributed by atoms with Gasteiger partial charge in [-0.15, -0.1) is 11.8 Å². The molecular weight excluding hydrogens is 428 g/mol. The third kappa shape index (κ3) is 4.04. The SMILES string of the molecule is CC1CCN(C(=O)CNc2cc3c(cc2Br)OCCO3)c2ccccc2S1. The lowest BCUT2D eigenvalue weighted by Gasteiger charge is -2.24. The summed E-state index contributed by atoms with van der Waals surface area (Å²) in [4.78, 5) is 16.0. The molecule has 2 heterocycles. The van der Waals surface area contributed by atoms with Gasteiger partial charge in [0, 0.05) is 33.3 Å². The van der Waals surface area contributed by atoms with Crippen molar-refractivity contribution in [2.75, 3.05) is 36.5 Å². The summed E-state index contributed by atoms with van der Waals surface area (Å²) in [6.45, 7) is 4.24. The number of ether oxygens (including phenoxy) is 2. The first kappa shape index (κ1) is 18.5. The lowest BCUT2D eigenvalue weighted by atomic mass is 10.2. The molecule has 0 aromatic heterocycles. The Morgan fingerprint density at radius 1 is 1.26 bits per heavy atom. The van der Waals surface area contributed by atoms with Gasteiger partial charge in [0.25, 0.3) is 0 Å². The zero-order valence-corrected chi connectivity index (χ0v) is 17.4. The summed E-state index contributed by atoms with van der Waals surface area (Å²) >= 11 is 5.38. The lowest BCUT2D eigenvalue weighted by molar-refractivity contribution is -0.117. The van der Waals surface area contributed by atoms with Crippen LogP contribution in [-0.4, -0.2) is 37.5 Å². The highest BCUT2D eigenvalue weighted by atomic mass is 79.9. The van der Waals surface area contributed by atoms with Crippen molar-refractivity contribution >= 4 is 45.0 Å². The van der Waals surface area contributed by atoms with Crippen LogP contribution in [0.25, 0.3) is 0 Å². The molecule has 2 aliphatic rings. The van der Waals surface area contributed by atoms with Crippen LogP contribution in [0.4, 0.5) is 11.4 Å². The van der Waals surface area contributed by atoms with E-state index in [9.17, 15) is 4.79 Å². The fourth-order valence-electron chi connectivity index (χ4n) is 3.21. The summed E-state index contributed by atoms with van der Waals surface area (Å²) in [5, 5.41) is 3.73. The van der Waals surface area contributed by atoms with Crippen LogP contribution in [0, 0.1) is 0 Å². The van der Waals surface area contributed by atoms with E-state index in [1.54, 1.807) is 0 Å². The molecule has 1 amide bonds. The van der Waals surface area contributed by atoms with Crippen LogP contribution in [0.1, 0.15) is 13.3 Å². The van der Waals surface area contributed by atoms with E-state index >= 15 is 0 Å². The van der Waals surface area contributed by atoms with Gasteiger partial charge in [0.15, 0.2) is 11.5 Å². The Kier molecular flexibility index (Phi) is 5.50. The topological polar surface area (TPSA) is 50.8 Å². The average Bonchev–Trinajstić information content (AvgIpc) is 2.84. The molecule has 2 aromatic carbocycles. The summed E-state index contributed by atoms with van der Waals surface area (Å²) in [5.41, 5.74) is 1.82. The minimum absolute atomic E-state index is 0.0546. The number of carbonyl (C=O) groups excluding carboxylic acids is 1. The number of amides is 1. The Hall–Kier alpha value is -1.86. The van der Waals surface area contributed by atoms with Gasteiger partial charge in [0.1, 0.15) is 13.2 Å². The molecule has 27 heavy (non-hydrogen) atoms. The van der Waals surface area contributed by atoms with Gasteiger partial charge in [-0.3, -0.25) is 4.79 Å². The van der Waals surface area contributed by atoms with Gasteiger partial charge in [-0.25, -0.2) is 0 Å². The van der Waals surface area contributed by atoms with Gasteiger partial charge in [0.05, 0.1) is 17.9 Å². The molecule has 5 nitrogen and oxygen atoms in total. The van der Waals surface area contributed by atoms with Crippen LogP contribution in [-0.2, 0) is 4.79 Å². The van der Waals surface area contributed by atoms with Gasteiger partial charge in [-0.05, 0) is 34.5 Å². The first-order valence-electron chi connectivity index (χ1n) is 9.01. The average molecular weight is 449 g/mol.